The molecule has 3 rings (SSSR count). The van der Waals surface area contributed by atoms with Crippen molar-refractivity contribution in [2.75, 3.05) is 30.9 Å². The molecule has 6 heteroatoms. The van der Waals surface area contributed by atoms with Crippen LogP contribution in [0.2, 0.25) is 0 Å². The van der Waals surface area contributed by atoms with Crippen molar-refractivity contribution in [3.63, 3.8) is 0 Å². The van der Waals surface area contributed by atoms with Gasteiger partial charge in [-0.25, -0.2) is 0 Å². The number of fused-ring (bicyclic) bond motifs is 2. The maximum absolute atomic E-state index is 5.11. The molecule has 92 valence electrons. The zero-order valence-electron chi connectivity index (χ0n) is 10.2. The Morgan fingerprint density at radius 2 is 2.18 bits per heavy atom. The zero-order valence-corrected chi connectivity index (χ0v) is 10.2. The van der Waals surface area contributed by atoms with Crippen LogP contribution in [0, 0.1) is 5.92 Å². The van der Waals surface area contributed by atoms with Crippen LogP contribution in [0.1, 0.15) is 19.3 Å². The van der Waals surface area contributed by atoms with Gasteiger partial charge in [0.15, 0.2) is 0 Å². The molecule has 1 saturated heterocycles. The number of methoxy groups -OCH3 is 1. The van der Waals surface area contributed by atoms with Crippen LogP contribution >= 0.6 is 0 Å². The van der Waals surface area contributed by atoms with Gasteiger partial charge in [0.05, 0.1) is 7.11 Å². The number of hydrogen-bond acceptors (Lipinski definition) is 6. The molecule has 1 N–H and O–H groups in total. The van der Waals surface area contributed by atoms with Crippen molar-refractivity contribution in [2.24, 2.45) is 5.92 Å². The van der Waals surface area contributed by atoms with E-state index in [9.17, 15) is 0 Å². The largest absolute Gasteiger partial charge is 0.467 e. The van der Waals surface area contributed by atoms with Gasteiger partial charge in [-0.3, -0.25) is 0 Å². The number of piperidine rings is 1. The smallest absolute Gasteiger partial charge is 0.322 e. The molecule has 0 radical (unpaired) electrons. The van der Waals surface area contributed by atoms with Crippen LogP contribution in [0.25, 0.3) is 0 Å². The maximum Gasteiger partial charge on any atom is 0.322 e. The second kappa shape index (κ2) is 4.01. The van der Waals surface area contributed by atoms with E-state index >= 15 is 0 Å². The zero-order chi connectivity index (χ0) is 11.8. The van der Waals surface area contributed by atoms with E-state index in [4.69, 9.17) is 4.74 Å². The minimum absolute atomic E-state index is 0.377. The lowest BCUT2D eigenvalue weighted by Gasteiger charge is -2.27. The van der Waals surface area contributed by atoms with Crippen molar-refractivity contribution in [1.29, 1.82) is 0 Å². The van der Waals surface area contributed by atoms with Crippen LogP contribution in [0.3, 0.4) is 0 Å². The summed E-state index contributed by atoms with van der Waals surface area (Å²) < 4.78 is 5.11. The highest BCUT2D eigenvalue weighted by molar-refractivity contribution is 5.41. The minimum atomic E-state index is 0.377. The van der Waals surface area contributed by atoms with E-state index in [0.717, 1.165) is 18.4 Å². The van der Waals surface area contributed by atoms with Crippen LogP contribution in [-0.2, 0) is 0 Å². The second-order valence-electron chi connectivity index (χ2n) is 4.68. The van der Waals surface area contributed by atoms with E-state index in [-0.39, 0.29) is 0 Å². The Morgan fingerprint density at radius 1 is 1.29 bits per heavy atom. The molecule has 1 aromatic heterocycles. The quantitative estimate of drug-likeness (QED) is 0.840. The van der Waals surface area contributed by atoms with Crippen molar-refractivity contribution in [3.8, 4) is 6.01 Å². The fourth-order valence-electron chi connectivity index (χ4n) is 2.85. The number of hydrogen-bond donors (Lipinski definition) is 1. The van der Waals surface area contributed by atoms with Gasteiger partial charge in [0.25, 0.3) is 0 Å². The maximum atomic E-state index is 5.11. The van der Waals surface area contributed by atoms with Gasteiger partial charge in [0.2, 0.25) is 11.9 Å². The molecular formula is C11H17N5O. The summed E-state index contributed by atoms with van der Waals surface area (Å²) in [5.41, 5.74) is 0. The first-order valence-corrected chi connectivity index (χ1v) is 6.04. The highest BCUT2D eigenvalue weighted by Gasteiger charge is 2.39. The molecule has 2 bridgehead atoms. The van der Waals surface area contributed by atoms with Gasteiger partial charge in [0, 0.05) is 19.6 Å². The fraction of sp³-hybridized carbons (Fsp3) is 0.727. The highest BCUT2D eigenvalue weighted by Crippen LogP contribution is 2.39. The van der Waals surface area contributed by atoms with Crippen LogP contribution in [-0.4, -0.2) is 41.7 Å². The van der Waals surface area contributed by atoms with E-state index in [1.165, 1.54) is 19.3 Å². The van der Waals surface area contributed by atoms with Crippen LogP contribution in [0.4, 0.5) is 11.9 Å². The number of anilines is 2. The normalized spacial score (nSPS) is 26.4. The molecule has 2 aliphatic rings. The molecule has 6 nitrogen and oxygen atoms in total. The fourth-order valence-corrected chi connectivity index (χ4v) is 2.85. The lowest BCUT2D eigenvalue weighted by molar-refractivity contribution is 0.378. The molecular weight excluding hydrogens is 218 g/mol. The molecule has 1 aliphatic heterocycles. The minimum Gasteiger partial charge on any atom is -0.467 e. The van der Waals surface area contributed by atoms with Crippen molar-refractivity contribution in [3.05, 3.63) is 0 Å². The van der Waals surface area contributed by atoms with Crippen molar-refractivity contribution < 1.29 is 4.74 Å². The third kappa shape index (κ3) is 1.77. The van der Waals surface area contributed by atoms with E-state index in [1.54, 1.807) is 14.2 Å². The molecule has 2 atom stereocenters. The highest BCUT2D eigenvalue weighted by atomic mass is 16.5. The monoisotopic (exact) mass is 235 g/mol. The summed E-state index contributed by atoms with van der Waals surface area (Å²) in [6.07, 6.45) is 3.89. The lowest BCUT2D eigenvalue weighted by Crippen LogP contribution is -2.33. The van der Waals surface area contributed by atoms with E-state index < -0.39 is 0 Å². The number of nitrogens with one attached hydrogen (secondary N) is 1. The topological polar surface area (TPSA) is 63.2 Å². The first kappa shape index (κ1) is 10.6. The number of rotatable bonds is 3. The first-order valence-electron chi connectivity index (χ1n) is 6.04. The van der Waals surface area contributed by atoms with Crippen LogP contribution in [0.15, 0.2) is 0 Å². The standard InChI is InChI=1S/C11H17N5O/c1-12-9-13-10(15-11(14-9)17-2)16-6-7-3-4-8(16)5-7/h7-8H,3-6H2,1-2H3,(H,12,13,14,15). The molecule has 1 aliphatic carbocycles. The van der Waals surface area contributed by atoms with E-state index in [2.05, 4.69) is 25.2 Å². The van der Waals surface area contributed by atoms with Crippen molar-refractivity contribution in [2.45, 2.75) is 25.3 Å². The molecule has 0 amide bonds. The number of ether oxygens (including phenoxy) is 1. The molecule has 1 saturated carbocycles. The van der Waals surface area contributed by atoms with Gasteiger partial charge in [-0.1, -0.05) is 0 Å². The Hall–Kier alpha value is -1.59. The van der Waals surface area contributed by atoms with E-state index in [1.807, 2.05) is 0 Å². The number of nitrogens with zero attached hydrogens (tertiary/aromatic N) is 4. The van der Waals surface area contributed by atoms with Gasteiger partial charge in [-0.05, 0) is 25.2 Å². The summed E-state index contributed by atoms with van der Waals surface area (Å²) in [6, 6.07) is 0.985. The Morgan fingerprint density at radius 3 is 2.76 bits per heavy atom. The van der Waals surface area contributed by atoms with Crippen LogP contribution in [0.5, 0.6) is 6.01 Å². The van der Waals surface area contributed by atoms with Crippen molar-refractivity contribution in [1.82, 2.24) is 15.0 Å². The van der Waals surface area contributed by atoms with Gasteiger partial charge < -0.3 is 15.0 Å². The Labute approximate surface area is 100 Å². The SMILES string of the molecule is CNc1nc(OC)nc(N2CC3CCC2C3)n1. The third-order valence-electron chi connectivity index (χ3n) is 3.68. The van der Waals surface area contributed by atoms with Gasteiger partial charge in [-0.15, -0.1) is 0 Å². The summed E-state index contributed by atoms with van der Waals surface area (Å²) in [4.78, 5) is 15.2. The predicted molar refractivity (Wildman–Crippen MR) is 64.4 cm³/mol. The molecule has 2 heterocycles. The Balaban J connectivity index is 1.91. The van der Waals surface area contributed by atoms with Gasteiger partial charge >= 0.3 is 6.01 Å². The number of aromatic nitrogens is 3. The molecule has 17 heavy (non-hydrogen) atoms. The lowest BCUT2D eigenvalue weighted by atomic mass is 10.1. The summed E-state index contributed by atoms with van der Waals surface area (Å²) >= 11 is 0. The Bertz CT molecular complexity index is 402. The summed E-state index contributed by atoms with van der Waals surface area (Å²) in [5.74, 6) is 2.13. The molecule has 2 unspecified atom stereocenters. The predicted octanol–water partition coefficient (Wildman–Crippen LogP) is 0.911. The molecule has 1 aromatic rings. The first-order chi connectivity index (χ1) is 8.30. The van der Waals surface area contributed by atoms with Gasteiger partial charge in [-0.2, -0.15) is 15.0 Å². The molecule has 0 spiro atoms. The Kier molecular flexibility index (Phi) is 2.49. The summed E-state index contributed by atoms with van der Waals surface area (Å²) in [5, 5.41) is 2.94. The van der Waals surface area contributed by atoms with E-state index in [0.29, 0.717) is 18.0 Å². The summed E-state index contributed by atoms with van der Waals surface area (Å²) in [6.45, 7) is 1.07. The average molecular weight is 235 g/mol. The van der Waals surface area contributed by atoms with Crippen molar-refractivity contribution >= 4 is 11.9 Å². The molecule has 2 fully saturated rings. The molecule has 0 aromatic carbocycles. The third-order valence-corrected chi connectivity index (χ3v) is 3.68. The summed E-state index contributed by atoms with van der Waals surface area (Å²) in [7, 11) is 3.38. The average Bonchev–Trinajstić information content (AvgIpc) is 3.00. The van der Waals surface area contributed by atoms with Crippen LogP contribution < -0.4 is 15.0 Å². The second-order valence-corrected chi connectivity index (χ2v) is 4.68. The van der Waals surface area contributed by atoms with Gasteiger partial charge in [0.1, 0.15) is 0 Å².